The molecular weight excluding hydrogens is 224 g/mol. The molecule has 2 rings (SSSR count). The molecule has 3 N–H and O–H groups in total. The molecule has 0 radical (unpaired) electrons. The van der Waals surface area contributed by atoms with Crippen molar-refractivity contribution in [1.29, 1.82) is 0 Å². The van der Waals surface area contributed by atoms with Crippen molar-refractivity contribution in [3.05, 3.63) is 0 Å². The molecule has 2 unspecified atom stereocenters. The minimum Gasteiger partial charge on any atom is -0.353 e. The Morgan fingerprint density at radius 2 is 1.67 bits per heavy atom. The van der Waals surface area contributed by atoms with Crippen LogP contribution in [0.2, 0.25) is 0 Å². The minimum absolute atomic E-state index is 0.271. The van der Waals surface area contributed by atoms with Crippen LogP contribution < -0.4 is 11.1 Å². The van der Waals surface area contributed by atoms with Crippen molar-refractivity contribution in [2.75, 3.05) is 6.54 Å². The molecule has 104 valence electrons. The Bertz CT molecular complexity index is 261. The third-order valence-corrected chi connectivity index (χ3v) is 4.76. The zero-order valence-corrected chi connectivity index (χ0v) is 11.5. The summed E-state index contributed by atoms with van der Waals surface area (Å²) < 4.78 is 0. The molecule has 0 heterocycles. The Labute approximate surface area is 111 Å². The van der Waals surface area contributed by atoms with Crippen LogP contribution in [-0.4, -0.2) is 18.5 Å². The maximum atomic E-state index is 12.1. The Morgan fingerprint density at radius 3 is 2.39 bits per heavy atom. The van der Waals surface area contributed by atoms with Crippen LogP contribution in [0.25, 0.3) is 0 Å². The number of hydrogen-bond donors (Lipinski definition) is 2. The van der Waals surface area contributed by atoms with Gasteiger partial charge in [0.2, 0.25) is 5.91 Å². The summed E-state index contributed by atoms with van der Waals surface area (Å²) in [5.74, 6) is 1.42. The van der Waals surface area contributed by atoms with Crippen LogP contribution in [0.15, 0.2) is 0 Å². The first-order valence-corrected chi connectivity index (χ1v) is 7.79. The molecule has 2 atom stereocenters. The molecule has 0 bridgehead atoms. The van der Waals surface area contributed by atoms with E-state index in [0.29, 0.717) is 24.4 Å². The lowest BCUT2D eigenvalue weighted by atomic mass is 9.83. The van der Waals surface area contributed by atoms with Crippen molar-refractivity contribution in [3.63, 3.8) is 0 Å². The molecule has 2 fully saturated rings. The standard InChI is InChI=1S/C15H28N2O/c16-11-13-8-4-5-9-14(13)17-15(18)10-12-6-2-1-3-7-12/h12-14H,1-11,16H2,(H,17,18). The Balaban J connectivity index is 1.75. The Kier molecular flexibility index (Phi) is 5.48. The minimum atomic E-state index is 0.271. The van der Waals surface area contributed by atoms with E-state index in [0.717, 1.165) is 12.8 Å². The van der Waals surface area contributed by atoms with Gasteiger partial charge in [0.1, 0.15) is 0 Å². The summed E-state index contributed by atoms with van der Waals surface area (Å²) in [6.45, 7) is 0.717. The van der Waals surface area contributed by atoms with Crippen LogP contribution in [0.3, 0.4) is 0 Å². The number of carbonyl (C=O) groups is 1. The van der Waals surface area contributed by atoms with E-state index >= 15 is 0 Å². The summed E-state index contributed by atoms with van der Waals surface area (Å²) in [4.78, 5) is 12.1. The smallest absolute Gasteiger partial charge is 0.220 e. The average molecular weight is 252 g/mol. The number of nitrogens with one attached hydrogen (secondary N) is 1. The SMILES string of the molecule is NCC1CCCCC1NC(=O)CC1CCCCC1. The monoisotopic (exact) mass is 252 g/mol. The van der Waals surface area contributed by atoms with E-state index in [1.54, 1.807) is 0 Å². The topological polar surface area (TPSA) is 55.1 Å². The van der Waals surface area contributed by atoms with Crippen LogP contribution in [0.4, 0.5) is 0 Å². The van der Waals surface area contributed by atoms with E-state index in [9.17, 15) is 4.79 Å². The molecule has 3 nitrogen and oxygen atoms in total. The second-order valence-corrected chi connectivity index (χ2v) is 6.16. The van der Waals surface area contributed by atoms with Gasteiger partial charge in [-0.15, -0.1) is 0 Å². The zero-order chi connectivity index (χ0) is 12.8. The second kappa shape index (κ2) is 7.13. The van der Waals surface area contributed by atoms with Crippen molar-refractivity contribution < 1.29 is 4.79 Å². The first-order chi connectivity index (χ1) is 8.79. The summed E-state index contributed by atoms with van der Waals surface area (Å²) >= 11 is 0. The summed E-state index contributed by atoms with van der Waals surface area (Å²) in [6.07, 6.45) is 12.0. The Morgan fingerprint density at radius 1 is 1.00 bits per heavy atom. The molecule has 1 amide bonds. The van der Waals surface area contributed by atoms with Gasteiger partial charge in [-0.1, -0.05) is 32.1 Å². The van der Waals surface area contributed by atoms with Gasteiger partial charge in [-0.25, -0.2) is 0 Å². The van der Waals surface area contributed by atoms with Crippen LogP contribution >= 0.6 is 0 Å². The highest BCUT2D eigenvalue weighted by molar-refractivity contribution is 5.76. The fraction of sp³-hybridized carbons (Fsp3) is 0.933. The molecule has 0 aromatic rings. The van der Waals surface area contributed by atoms with E-state index in [-0.39, 0.29) is 5.91 Å². The van der Waals surface area contributed by atoms with Gasteiger partial charge in [0, 0.05) is 12.5 Å². The molecule has 0 aromatic heterocycles. The van der Waals surface area contributed by atoms with Gasteiger partial charge in [0.25, 0.3) is 0 Å². The number of carbonyl (C=O) groups excluding carboxylic acids is 1. The lowest BCUT2D eigenvalue weighted by Crippen LogP contribution is -2.45. The van der Waals surface area contributed by atoms with Gasteiger partial charge >= 0.3 is 0 Å². The van der Waals surface area contributed by atoms with Crippen LogP contribution in [0.1, 0.15) is 64.2 Å². The molecule has 0 aliphatic heterocycles. The molecule has 0 saturated heterocycles. The normalized spacial score (nSPS) is 30.1. The van der Waals surface area contributed by atoms with Crippen molar-refractivity contribution in [1.82, 2.24) is 5.32 Å². The summed E-state index contributed by atoms with van der Waals surface area (Å²) in [7, 11) is 0. The molecule has 2 saturated carbocycles. The van der Waals surface area contributed by atoms with E-state index in [1.807, 2.05) is 0 Å². The predicted molar refractivity (Wildman–Crippen MR) is 74.1 cm³/mol. The highest BCUT2D eigenvalue weighted by Gasteiger charge is 2.26. The van der Waals surface area contributed by atoms with Crippen LogP contribution in [0.5, 0.6) is 0 Å². The number of amides is 1. The largest absolute Gasteiger partial charge is 0.353 e. The molecule has 2 aliphatic rings. The van der Waals surface area contributed by atoms with Gasteiger partial charge < -0.3 is 11.1 Å². The Hall–Kier alpha value is -0.570. The van der Waals surface area contributed by atoms with E-state index < -0.39 is 0 Å². The summed E-state index contributed by atoms with van der Waals surface area (Å²) in [5.41, 5.74) is 5.80. The maximum absolute atomic E-state index is 12.1. The van der Waals surface area contributed by atoms with E-state index in [1.165, 1.54) is 51.4 Å². The first-order valence-electron chi connectivity index (χ1n) is 7.79. The van der Waals surface area contributed by atoms with Gasteiger partial charge in [0.05, 0.1) is 0 Å². The van der Waals surface area contributed by atoms with Crippen molar-refractivity contribution in [3.8, 4) is 0 Å². The predicted octanol–water partition coefficient (Wildman–Crippen LogP) is 2.59. The third kappa shape index (κ3) is 3.98. The average Bonchev–Trinajstić information content (AvgIpc) is 2.40. The quantitative estimate of drug-likeness (QED) is 0.808. The zero-order valence-electron chi connectivity index (χ0n) is 11.5. The lowest BCUT2D eigenvalue weighted by Gasteiger charge is -2.32. The summed E-state index contributed by atoms with van der Waals surface area (Å²) in [5, 5.41) is 3.25. The number of hydrogen-bond acceptors (Lipinski definition) is 2. The third-order valence-electron chi connectivity index (χ3n) is 4.76. The van der Waals surface area contributed by atoms with Crippen LogP contribution in [0, 0.1) is 11.8 Å². The van der Waals surface area contributed by atoms with Crippen LogP contribution in [-0.2, 0) is 4.79 Å². The van der Waals surface area contributed by atoms with E-state index in [2.05, 4.69) is 5.32 Å². The lowest BCUT2D eigenvalue weighted by molar-refractivity contribution is -0.123. The molecule has 18 heavy (non-hydrogen) atoms. The van der Waals surface area contributed by atoms with E-state index in [4.69, 9.17) is 5.73 Å². The molecule has 0 aromatic carbocycles. The first kappa shape index (κ1) is 13.9. The summed E-state index contributed by atoms with van der Waals surface area (Å²) in [6, 6.07) is 0.347. The molecule has 3 heteroatoms. The highest BCUT2D eigenvalue weighted by Crippen LogP contribution is 2.27. The molecular formula is C15H28N2O. The molecule has 0 spiro atoms. The highest BCUT2D eigenvalue weighted by atomic mass is 16.1. The van der Waals surface area contributed by atoms with Gasteiger partial charge in [-0.3, -0.25) is 4.79 Å². The number of rotatable bonds is 4. The van der Waals surface area contributed by atoms with Crippen molar-refractivity contribution in [2.24, 2.45) is 17.6 Å². The molecule has 2 aliphatic carbocycles. The number of nitrogens with two attached hydrogens (primary N) is 1. The second-order valence-electron chi connectivity index (χ2n) is 6.16. The van der Waals surface area contributed by atoms with Crippen molar-refractivity contribution in [2.45, 2.75) is 70.3 Å². The van der Waals surface area contributed by atoms with Gasteiger partial charge in [-0.2, -0.15) is 0 Å². The van der Waals surface area contributed by atoms with Gasteiger partial charge in [-0.05, 0) is 44.1 Å². The fourth-order valence-electron chi connectivity index (χ4n) is 3.60. The fourth-order valence-corrected chi connectivity index (χ4v) is 3.60. The van der Waals surface area contributed by atoms with Crippen molar-refractivity contribution >= 4 is 5.91 Å². The van der Waals surface area contributed by atoms with Gasteiger partial charge in [0.15, 0.2) is 0 Å². The maximum Gasteiger partial charge on any atom is 0.220 e.